The lowest BCUT2D eigenvalue weighted by atomic mass is 9.95. The Balaban J connectivity index is 3.28. The number of hydrogen-bond acceptors (Lipinski definition) is 1. The van der Waals surface area contributed by atoms with Gasteiger partial charge >= 0.3 is 0 Å². The van der Waals surface area contributed by atoms with Gasteiger partial charge in [-0.3, -0.25) is 0 Å². The lowest BCUT2D eigenvalue weighted by molar-refractivity contribution is 0.416. The van der Waals surface area contributed by atoms with Crippen LogP contribution in [-0.2, 0) is 0 Å². The molecule has 0 aliphatic carbocycles. The summed E-state index contributed by atoms with van der Waals surface area (Å²) in [6, 6.07) is 0. The van der Waals surface area contributed by atoms with Gasteiger partial charge in [-0.05, 0) is 25.3 Å². The molecule has 0 aromatic carbocycles. The van der Waals surface area contributed by atoms with Crippen molar-refractivity contribution in [3.05, 3.63) is 0 Å². The van der Waals surface area contributed by atoms with Crippen molar-refractivity contribution in [3.8, 4) is 0 Å². The second-order valence-corrected chi connectivity index (χ2v) is 4.45. The van der Waals surface area contributed by atoms with Crippen LogP contribution in [0.5, 0.6) is 0 Å². The summed E-state index contributed by atoms with van der Waals surface area (Å²) in [6.07, 6.45) is 12.3. The van der Waals surface area contributed by atoms with Crippen LogP contribution >= 0.6 is 0 Å². The summed E-state index contributed by atoms with van der Waals surface area (Å²) in [7, 11) is 0. The lowest BCUT2D eigenvalue weighted by Gasteiger charge is -2.13. The predicted octanol–water partition coefficient (Wildman–Crippen LogP) is 4.11. The fourth-order valence-corrected chi connectivity index (χ4v) is 1.92. The summed E-state index contributed by atoms with van der Waals surface area (Å²) < 4.78 is 0. The molecule has 86 valence electrons. The molecule has 0 aliphatic rings. The van der Waals surface area contributed by atoms with Crippen LogP contribution in [-0.4, -0.2) is 6.54 Å². The quantitative estimate of drug-likeness (QED) is 0.526. The summed E-state index contributed by atoms with van der Waals surface area (Å²) in [5.74, 6) is 0.804. The van der Waals surface area contributed by atoms with E-state index in [1.54, 1.807) is 0 Å². The Morgan fingerprint density at radius 3 is 1.79 bits per heavy atom. The minimum atomic E-state index is 0.804. The topological polar surface area (TPSA) is 26.0 Å². The third-order valence-corrected chi connectivity index (χ3v) is 3.02. The highest BCUT2D eigenvalue weighted by Crippen LogP contribution is 2.16. The van der Waals surface area contributed by atoms with Crippen LogP contribution in [0.25, 0.3) is 0 Å². The van der Waals surface area contributed by atoms with E-state index in [4.69, 9.17) is 5.73 Å². The molecule has 0 fully saturated rings. The first-order chi connectivity index (χ1) is 6.85. The maximum absolute atomic E-state index is 5.77. The van der Waals surface area contributed by atoms with E-state index in [9.17, 15) is 0 Å². The molecule has 0 saturated heterocycles. The fourth-order valence-electron chi connectivity index (χ4n) is 1.92. The molecule has 1 heteroatoms. The molecule has 2 N–H and O–H groups in total. The molecule has 0 aliphatic heterocycles. The summed E-state index contributed by atoms with van der Waals surface area (Å²) in [6.45, 7) is 5.43. The second kappa shape index (κ2) is 11.0. The smallest absolute Gasteiger partial charge is 0.00489 e. The molecule has 0 spiro atoms. The zero-order valence-electron chi connectivity index (χ0n) is 10.2. The van der Waals surface area contributed by atoms with E-state index in [1.807, 2.05) is 0 Å². The maximum atomic E-state index is 5.77. The van der Waals surface area contributed by atoms with Crippen LogP contribution in [0.3, 0.4) is 0 Å². The third-order valence-electron chi connectivity index (χ3n) is 3.02. The van der Waals surface area contributed by atoms with Gasteiger partial charge in [-0.25, -0.2) is 0 Å². The molecule has 0 amide bonds. The highest BCUT2D eigenvalue weighted by Gasteiger charge is 2.05. The molecule has 0 bridgehead atoms. The molecule has 0 heterocycles. The average molecular weight is 199 g/mol. The predicted molar refractivity (Wildman–Crippen MR) is 65.4 cm³/mol. The molecule has 1 unspecified atom stereocenters. The number of rotatable bonds is 10. The van der Waals surface area contributed by atoms with Gasteiger partial charge in [-0.1, -0.05) is 58.8 Å². The molecule has 14 heavy (non-hydrogen) atoms. The van der Waals surface area contributed by atoms with Crippen molar-refractivity contribution in [2.24, 2.45) is 11.7 Å². The Morgan fingerprint density at radius 1 is 0.786 bits per heavy atom. The first-order valence-corrected chi connectivity index (χ1v) is 6.55. The van der Waals surface area contributed by atoms with Crippen molar-refractivity contribution >= 4 is 0 Å². The third kappa shape index (κ3) is 8.55. The second-order valence-electron chi connectivity index (χ2n) is 4.45. The van der Waals surface area contributed by atoms with Crippen LogP contribution in [0, 0.1) is 5.92 Å². The molecular formula is C13H29N. The van der Waals surface area contributed by atoms with Crippen LogP contribution in [0.4, 0.5) is 0 Å². The van der Waals surface area contributed by atoms with Crippen molar-refractivity contribution in [2.75, 3.05) is 6.54 Å². The van der Waals surface area contributed by atoms with Crippen molar-refractivity contribution in [3.63, 3.8) is 0 Å². The van der Waals surface area contributed by atoms with Crippen LogP contribution in [0.1, 0.15) is 71.6 Å². The van der Waals surface area contributed by atoms with Gasteiger partial charge in [0.05, 0.1) is 0 Å². The SMILES string of the molecule is CCCCCCC(CN)CCCCC. The molecule has 0 radical (unpaired) electrons. The maximum Gasteiger partial charge on any atom is -0.00489 e. The normalized spacial score (nSPS) is 13.1. The summed E-state index contributed by atoms with van der Waals surface area (Å²) in [5, 5.41) is 0. The van der Waals surface area contributed by atoms with Gasteiger partial charge in [-0.15, -0.1) is 0 Å². The van der Waals surface area contributed by atoms with Crippen molar-refractivity contribution in [2.45, 2.75) is 71.6 Å². The first-order valence-electron chi connectivity index (χ1n) is 6.55. The molecule has 1 atom stereocenters. The zero-order valence-corrected chi connectivity index (χ0v) is 10.2. The van der Waals surface area contributed by atoms with E-state index in [1.165, 1.54) is 57.8 Å². The molecule has 0 saturated carbocycles. The Kier molecular flexibility index (Phi) is 11.0. The van der Waals surface area contributed by atoms with E-state index in [2.05, 4.69) is 13.8 Å². The zero-order chi connectivity index (χ0) is 10.6. The Bertz CT molecular complexity index is 101. The van der Waals surface area contributed by atoms with E-state index < -0.39 is 0 Å². The monoisotopic (exact) mass is 199 g/mol. The molecular weight excluding hydrogens is 170 g/mol. The van der Waals surface area contributed by atoms with E-state index in [-0.39, 0.29) is 0 Å². The Hall–Kier alpha value is -0.0400. The van der Waals surface area contributed by atoms with E-state index in [0.29, 0.717) is 0 Å². The highest BCUT2D eigenvalue weighted by molar-refractivity contribution is 4.60. The standard InChI is InChI=1S/C13H29N/c1-3-5-7-9-11-13(12-14)10-8-6-4-2/h13H,3-12,14H2,1-2H3. The molecule has 1 nitrogen and oxygen atoms in total. The van der Waals surface area contributed by atoms with Crippen molar-refractivity contribution in [1.82, 2.24) is 0 Å². The van der Waals surface area contributed by atoms with Gasteiger partial charge in [0.15, 0.2) is 0 Å². The van der Waals surface area contributed by atoms with Crippen LogP contribution in [0.2, 0.25) is 0 Å². The summed E-state index contributed by atoms with van der Waals surface area (Å²) >= 11 is 0. The van der Waals surface area contributed by atoms with Gasteiger partial charge in [0.25, 0.3) is 0 Å². The fraction of sp³-hybridized carbons (Fsp3) is 1.00. The Morgan fingerprint density at radius 2 is 1.29 bits per heavy atom. The molecule has 0 aromatic heterocycles. The summed E-state index contributed by atoms with van der Waals surface area (Å²) in [5.41, 5.74) is 5.77. The van der Waals surface area contributed by atoms with Crippen molar-refractivity contribution in [1.29, 1.82) is 0 Å². The van der Waals surface area contributed by atoms with Gasteiger partial charge in [0, 0.05) is 0 Å². The van der Waals surface area contributed by atoms with Gasteiger partial charge in [0.2, 0.25) is 0 Å². The Labute approximate surface area is 90.5 Å². The van der Waals surface area contributed by atoms with Gasteiger partial charge < -0.3 is 5.73 Å². The van der Waals surface area contributed by atoms with E-state index >= 15 is 0 Å². The minimum absolute atomic E-state index is 0.804. The largest absolute Gasteiger partial charge is 0.330 e. The molecule has 0 aromatic rings. The number of hydrogen-bond donors (Lipinski definition) is 1. The lowest BCUT2D eigenvalue weighted by Crippen LogP contribution is -2.14. The number of unbranched alkanes of at least 4 members (excludes halogenated alkanes) is 5. The number of nitrogens with two attached hydrogens (primary N) is 1. The highest BCUT2D eigenvalue weighted by atomic mass is 14.5. The van der Waals surface area contributed by atoms with Crippen LogP contribution in [0.15, 0.2) is 0 Å². The average Bonchev–Trinajstić information content (AvgIpc) is 2.22. The van der Waals surface area contributed by atoms with Gasteiger partial charge in [0.1, 0.15) is 0 Å². The van der Waals surface area contributed by atoms with E-state index in [0.717, 1.165) is 12.5 Å². The minimum Gasteiger partial charge on any atom is -0.330 e. The van der Waals surface area contributed by atoms with Crippen LogP contribution < -0.4 is 5.73 Å². The van der Waals surface area contributed by atoms with Gasteiger partial charge in [-0.2, -0.15) is 0 Å². The first kappa shape index (κ1) is 14.0. The summed E-state index contributed by atoms with van der Waals surface area (Å²) in [4.78, 5) is 0. The van der Waals surface area contributed by atoms with Crippen molar-refractivity contribution < 1.29 is 0 Å². The molecule has 0 rings (SSSR count).